The van der Waals surface area contributed by atoms with Gasteiger partial charge in [0.1, 0.15) is 23.8 Å². The van der Waals surface area contributed by atoms with E-state index in [1.54, 1.807) is 16.8 Å². The van der Waals surface area contributed by atoms with E-state index in [2.05, 4.69) is 15.4 Å². The lowest BCUT2D eigenvalue weighted by molar-refractivity contribution is -0.132. The molecule has 1 aliphatic heterocycles. The molecule has 0 saturated heterocycles. The molecule has 0 saturated carbocycles. The minimum atomic E-state index is -1.05. The first kappa shape index (κ1) is 9.64. The molecule has 0 fully saturated rings. The lowest BCUT2D eigenvalue weighted by Crippen LogP contribution is -2.24. The van der Waals surface area contributed by atoms with E-state index in [0.717, 1.165) is 0 Å². The molecule has 0 bridgehead atoms. The number of nitrogens with zero attached hydrogens (tertiary/aromatic N) is 3. The predicted octanol–water partition coefficient (Wildman–Crippen LogP) is 0.854. The number of aromatic nitrogens is 3. The standard InChI is InChI=1S/C10H8N4O3/c15-9(16)6-4-7(8-2-1-3-17-8)14-10(13-6)11-5-12-14/h1-5,7H,(H,15,16)(H,11,12,13)/t7-/m1/s1. The molecule has 17 heavy (non-hydrogen) atoms. The van der Waals surface area contributed by atoms with Gasteiger partial charge in [0.25, 0.3) is 0 Å². The van der Waals surface area contributed by atoms with E-state index in [1.807, 2.05) is 0 Å². The van der Waals surface area contributed by atoms with Crippen molar-refractivity contribution in [3.05, 3.63) is 42.3 Å². The van der Waals surface area contributed by atoms with Gasteiger partial charge < -0.3 is 14.8 Å². The number of carbonyl (C=O) groups is 1. The third-order valence-electron chi connectivity index (χ3n) is 2.47. The summed E-state index contributed by atoms with van der Waals surface area (Å²) in [5.74, 6) is -0.0564. The van der Waals surface area contributed by atoms with Crippen molar-refractivity contribution in [1.82, 2.24) is 14.8 Å². The Morgan fingerprint density at radius 2 is 2.47 bits per heavy atom. The van der Waals surface area contributed by atoms with Gasteiger partial charge in [-0.1, -0.05) is 0 Å². The van der Waals surface area contributed by atoms with Gasteiger partial charge in [0.05, 0.1) is 6.26 Å². The third-order valence-corrected chi connectivity index (χ3v) is 2.47. The second-order valence-corrected chi connectivity index (χ2v) is 3.50. The number of carboxylic acids is 1. The molecule has 3 heterocycles. The first-order valence-electron chi connectivity index (χ1n) is 4.91. The zero-order chi connectivity index (χ0) is 11.8. The smallest absolute Gasteiger partial charge is 0.352 e. The van der Waals surface area contributed by atoms with E-state index in [9.17, 15) is 4.79 Å². The van der Waals surface area contributed by atoms with Crippen LogP contribution in [0, 0.1) is 0 Å². The van der Waals surface area contributed by atoms with Crippen molar-refractivity contribution >= 4 is 11.9 Å². The highest BCUT2D eigenvalue weighted by Crippen LogP contribution is 2.28. The Hall–Kier alpha value is -2.57. The van der Waals surface area contributed by atoms with Crippen molar-refractivity contribution in [3.8, 4) is 0 Å². The first-order valence-corrected chi connectivity index (χ1v) is 4.91. The summed E-state index contributed by atoms with van der Waals surface area (Å²) in [7, 11) is 0. The molecule has 86 valence electrons. The van der Waals surface area contributed by atoms with Crippen molar-refractivity contribution in [1.29, 1.82) is 0 Å². The average molecular weight is 232 g/mol. The number of furan rings is 1. The maximum atomic E-state index is 11.0. The Kier molecular flexibility index (Phi) is 1.97. The Morgan fingerprint density at radius 3 is 3.18 bits per heavy atom. The van der Waals surface area contributed by atoms with Crippen molar-refractivity contribution in [2.75, 3.05) is 5.32 Å². The van der Waals surface area contributed by atoms with Crippen LogP contribution in [0.25, 0.3) is 0 Å². The van der Waals surface area contributed by atoms with Gasteiger partial charge in [-0.3, -0.25) is 0 Å². The maximum absolute atomic E-state index is 11.0. The topological polar surface area (TPSA) is 93.2 Å². The number of fused-ring (bicyclic) bond motifs is 1. The molecule has 0 aromatic carbocycles. The lowest BCUT2D eigenvalue weighted by Gasteiger charge is -2.20. The van der Waals surface area contributed by atoms with Crippen LogP contribution in [0.15, 0.2) is 40.9 Å². The molecule has 1 aliphatic rings. The number of rotatable bonds is 2. The molecule has 7 nitrogen and oxygen atoms in total. The van der Waals surface area contributed by atoms with Gasteiger partial charge in [0.15, 0.2) is 0 Å². The van der Waals surface area contributed by atoms with E-state index >= 15 is 0 Å². The summed E-state index contributed by atoms with van der Waals surface area (Å²) < 4.78 is 6.83. The van der Waals surface area contributed by atoms with Crippen LogP contribution < -0.4 is 5.32 Å². The minimum Gasteiger partial charge on any atom is -0.477 e. The number of carboxylic acid groups (broad SMARTS) is 1. The fraction of sp³-hybridized carbons (Fsp3) is 0.100. The molecule has 0 unspecified atom stereocenters. The SMILES string of the molecule is O=C(O)C1=C[C@H](c2ccco2)n2ncnc2N1. The molecular formula is C10H8N4O3. The van der Waals surface area contributed by atoms with Crippen LogP contribution >= 0.6 is 0 Å². The molecule has 1 atom stereocenters. The molecule has 3 rings (SSSR count). The van der Waals surface area contributed by atoms with Gasteiger partial charge in [-0.25, -0.2) is 9.48 Å². The zero-order valence-corrected chi connectivity index (χ0v) is 8.57. The predicted molar refractivity (Wildman–Crippen MR) is 56.2 cm³/mol. The molecule has 0 aliphatic carbocycles. The van der Waals surface area contributed by atoms with Crippen LogP contribution in [0.3, 0.4) is 0 Å². The van der Waals surface area contributed by atoms with E-state index in [0.29, 0.717) is 11.7 Å². The van der Waals surface area contributed by atoms with E-state index in [4.69, 9.17) is 9.52 Å². The number of aliphatic carboxylic acids is 1. The Bertz CT molecular complexity index is 584. The van der Waals surface area contributed by atoms with E-state index in [-0.39, 0.29) is 5.70 Å². The molecule has 2 aromatic rings. The van der Waals surface area contributed by atoms with Gasteiger partial charge in [-0.05, 0) is 18.2 Å². The second kappa shape index (κ2) is 3.48. The zero-order valence-electron chi connectivity index (χ0n) is 8.57. The van der Waals surface area contributed by atoms with Crippen LogP contribution in [0.1, 0.15) is 11.8 Å². The molecule has 0 amide bonds. The van der Waals surface area contributed by atoms with Crippen LogP contribution in [-0.4, -0.2) is 25.8 Å². The highest BCUT2D eigenvalue weighted by molar-refractivity contribution is 5.90. The quantitative estimate of drug-likeness (QED) is 0.797. The normalized spacial score (nSPS) is 18.1. The summed E-state index contributed by atoms with van der Waals surface area (Å²) in [6.45, 7) is 0. The van der Waals surface area contributed by atoms with Crippen molar-refractivity contribution in [2.24, 2.45) is 0 Å². The monoisotopic (exact) mass is 232 g/mol. The van der Waals surface area contributed by atoms with Crippen molar-refractivity contribution in [3.63, 3.8) is 0 Å². The summed E-state index contributed by atoms with van der Waals surface area (Å²) in [5, 5.41) is 15.7. The largest absolute Gasteiger partial charge is 0.477 e. The van der Waals surface area contributed by atoms with Crippen molar-refractivity contribution < 1.29 is 14.3 Å². The van der Waals surface area contributed by atoms with Gasteiger partial charge >= 0.3 is 5.97 Å². The number of allylic oxidation sites excluding steroid dienone is 1. The van der Waals surface area contributed by atoms with Crippen LogP contribution in [0.5, 0.6) is 0 Å². The molecule has 7 heteroatoms. The number of anilines is 1. The lowest BCUT2D eigenvalue weighted by atomic mass is 10.1. The summed E-state index contributed by atoms with van der Waals surface area (Å²) in [4.78, 5) is 14.9. The molecular weight excluding hydrogens is 224 g/mol. The first-order chi connectivity index (χ1) is 8.25. The molecule has 2 aromatic heterocycles. The highest BCUT2D eigenvalue weighted by atomic mass is 16.4. The Balaban J connectivity index is 2.10. The summed E-state index contributed by atoms with van der Waals surface area (Å²) in [5.41, 5.74) is 0.0619. The fourth-order valence-electron chi connectivity index (χ4n) is 1.72. The third kappa shape index (κ3) is 1.48. The summed E-state index contributed by atoms with van der Waals surface area (Å²) in [6.07, 6.45) is 4.42. The maximum Gasteiger partial charge on any atom is 0.352 e. The number of hydrogen-bond donors (Lipinski definition) is 2. The van der Waals surface area contributed by atoms with Crippen LogP contribution in [0.4, 0.5) is 5.95 Å². The fourth-order valence-corrected chi connectivity index (χ4v) is 1.72. The summed E-state index contributed by atoms with van der Waals surface area (Å²) >= 11 is 0. The minimum absolute atomic E-state index is 0.0619. The van der Waals surface area contributed by atoms with Gasteiger partial charge in [-0.15, -0.1) is 0 Å². The second-order valence-electron chi connectivity index (χ2n) is 3.50. The molecule has 0 radical (unpaired) electrons. The average Bonchev–Trinajstić information content (AvgIpc) is 2.98. The van der Waals surface area contributed by atoms with E-state index < -0.39 is 12.0 Å². The van der Waals surface area contributed by atoms with Gasteiger partial charge in [0.2, 0.25) is 5.95 Å². The molecule has 2 N–H and O–H groups in total. The number of hydrogen-bond acceptors (Lipinski definition) is 5. The van der Waals surface area contributed by atoms with Crippen molar-refractivity contribution in [2.45, 2.75) is 6.04 Å². The Labute approximate surface area is 95.4 Å². The highest BCUT2D eigenvalue weighted by Gasteiger charge is 2.26. The van der Waals surface area contributed by atoms with E-state index in [1.165, 1.54) is 18.7 Å². The molecule has 0 spiro atoms. The Morgan fingerprint density at radius 1 is 1.59 bits per heavy atom. The van der Waals surface area contributed by atoms with Gasteiger partial charge in [0, 0.05) is 0 Å². The summed E-state index contributed by atoms with van der Waals surface area (Å²) in [6, 6.07) is 3.11. The van der Waals surface area contributed by atoms with Crippen LogP contribution in [0.2, 0.25) is 0 Å². The number of nitrogens with one attached hydrogen (secondary N) is 1. The van der Waals surface area contributed by atoms with Gasteiger partial charge in [-0.2, -0.15) is 10.1 Å². The van der Waals surface area contributed by atoms with Crippen LogP contribution in [-0.2, 0) is 4.79 Å².